The van der Waals surface area contributed by atoms with Crippen molar-refractivity contribution in [1.82, 2.24) is 0 Å². The third-order valence-corrected chi connectivity index (χ3v) is 16.3. The summed E-state index contributed by atoms with van der Waals surface area (Å²) in [6.45, 7) is 9.57. The number of para-hydroxylation sites is 2. The van der Waals surface area contributed by atoms with Crippen molar-refractivity contribution in [2.45, 2.75) is 56.8 Å². The fraction of sp³-hybridized carbons (Fsp3) is 0.148. The van der Waals surface area contributed by atoms with Crippen LogP contribution < -0.4 is 4.90 Å². The molecule has 0 unspecified atom stereocenters. The van der Waals surface area contributed by atoms with Gasteiger partial charge in [-0.3, -0.25) is 0 Å². The van der Waals surface area contributed by atoms with Gasteiger partial charge in [-0.1, -0.05) is 167 Å². The number of fused-ring (bicyclic) bond motifs is 18. The van der Waals surface area contributed by atoms with Gasteiger partial charge in [0, 0.05) is 27.2 Å². The van der Waals surface area contributed by atoms with E-state index >= 15 is 0 Å². The highest BCUT2D eigenvalue weighted by Gasteiger charge is 2.51. The minimum Gasteiger partial charge on any atom is -0.453 e. The van der Waals surface area contributed by atoms with E-state index in [1.165, 1.54) is 111 Å². The molecule has 2 heterocycles. The summed E-state index contributed by atoms with van der Waals surface area (Å²) in [4.78, 5) is 2.52. The van der Waals surface area contributed by atoms with Crippen LogP contribution in [0.25, 0.3) is 66.1 Å². The monoisotopic (exact) mass is 805 g/mol. The summed E-state index contributed by atoms with van der Waals surface area (Å²) in [5.41, 5.74) is 26.1. The van der Waals surface area contributed by atoms with Crippen LogP contribution in [0.2, 0.25) is 0 Å². The maximum absolute atomic E-state index is 7.66. The molecule has 2 nitrogen and oxygen atoms in total. The fourth-order valence-electron chi connectivity index (χ4n) is 13.6. The summed E-state index contributed by atoms with van der Waals surface area (Å²) < 4.78 is 7.66. The van der Waals surface area contributed by atoms with Crippen LogP contribution in [0.5, 0.6) is 0 Å². The van der Waals surface area contributed by atoms with E-state index in [0.717, 1.165) is 40.5 Å². The van der Waals surface area contributed by atoms with Crippen LogP contribution >= 0.6 is 0 Å². The van der Waals surface area contributed by atoms with Gasteiger partial charge in [-0.2, -0.15) is 0 Å². The molecule has 0 bridgehead atoms. The van der Waals surface area contributed by atoms with Crippen molar-refractivity contribution in [1.29, 1.82) is 0 Å². The molecule has 10 aromatic rings. The van der Waals surface area contributed by atoms with E-state index in [1.807, 2.05) is 0 Å². The molecule has 1 aromatic heterocycles. The topological polar surface area (TPSA) is 16.4 Å². The average molecular weight is 806 g/mol. The SMILES string of the molecule is CC1(C)c2ccccc2-c2cc3c(cc21)N(c1cccc2c1oc1c4c(ccc12)C1(c2ccccc2-c2ccccc21)c1ccc2c5c(ccc-4c15)CC2)c1ccccc1C3(C)C. The average Bonchev–Trinajstić information content (AvgIpc) is 4.05. The molecular formula is C61H43NO. The van der Waals surface area contributed by atoms with Crippen molar-refractivity contribution < 1.29 is 4.42 Å². The first-order chi connectivity index (χ1) is 30.8. The predicted molar refractivity (Wildman–Crippen MR) is 259 cm³/mol. The van der Waals surface area contributed by atoms with Crippen LogP contribution in [-0.2, 0) is 29.1 Å². The summed E-state index contributed by atoms with van der Waals surface area (Å²) in [6, 6.07) is 62.7. The molecule has 1 spiro atoms. The molecular weight excluding hydrogens is 763 g/mol. The molecule has 1 aliphatic heterocycles. The Labute approximate surface area is 367 Å². The van der Waals surface area contributed by atoms with Crippen LogP contribution in [0.4, 0.5) is 17.1 Å². The second-order valence-electron chi connectivity index (χ2n) is 19.8. The van der Waals surface area contributed by atoms with Crippen molar-refractivity contribution in [3.63, 3.8) is 0 Å². The quantitative estimate of drug-likeness (QED) is 0.164. The van der Waals surface area contributed by atoms with E-state index in [2.05, 4.69) is 196 Å². The predicted octanol–water partition coefficient (Wildman–Crippen LogP) is 15.6. The van der Waals surface area contributed by atoms with Crippen LogP contribution in [0, 0.1) is 0 Å². The van der Waals surface area contributed by atoms with E-state index < -0.39 is 5.41 Å². The van der Waals surface area contributed by atoms with Crippen LogP contribution in [0.15, 0.2) is 168 Å². The van der Waals surface area contributed by atoms with Gasteiger partial charge in [0.05, 0.1) is 22.5 Å². The molecule has 0 saturated heterocycles. The number of benzene rings is 9. The Balaban J connectivity index is 1.05. The van der Waals surface area contributed by atoms with Gasteiger partial charge < -0.3 is 9.32 Å². The lowest BCUT2D eigenvalue weighted by atomic mass is 9.61. The standard InChI is InChI=1S/C61H43NO/c1-59(2)43-18-8-5-16-38(43)42-32-50-53(33-49(42)59)62(51-22-12-11-21-46(51)60(50,3)4)52-23-13-17-39-40-29-31-48-56(58(40)63-57(39)52)41-28-26-34-24-25-35-27-30-47(55(41)54(34)35)61(48)44-19-9-6-14-36(44)37-15-7-10-20-45(37)61/h5-23,26-33H,24-25H2,1-4H3. The van der Waals surface area contributed by atoms with E-state index in [4.69, 9.17) is 4.42 Å². The van der Waals surface area contributed by atoms with Gasteiger partial charge in [0.1, 0.15) is 5.58 Å². The van der Waals surface area contributed by atoms with Crippen molar-refractivity contribution in [2.75, 3.05) is 4.90 Å². The highest BCUT2D eigenvalue weighted by Crippen LogP contribution is 2.64. The number of rotatable bonds is 1. The van der Waals surface area contributed by atoms with Gasteiger partial charge in [-0.05, 0) is 131 Å². The first kappa shape index (κ1) is 34.4. The molecule has 0 N–H and O–H groups in total. The first-order valence-corrected chi connectivity index (χ1v) is 22.7. The molecule has 0 radical (unpaired) electrons. The highest BCUT2D eigenvalue weighted by molar-refractivity contribution is 6.19. The van der Waals surface area contributed by atoms with Crippen LogP contribution in [-0.4, -0.2) is 0 Å². The third-order valence-electron chi connectivity index (χ3n) is 16.3. The minimum atomic E-state index is -0.494. The molecule has 0 atom stereocenters. The second kappa shape index (κ2) is 11.3. The Hall–Kier alpha value is -7.16. The molecule has 2 heteroatoms. The van der Waals surface area contributed by atoms with Gasteiger partial charge in [0.15, 0.2) is 5.58 Å². The van der Waals surface area contributed by atoms with E-state index in [-0.39, 0.29) is 10.8 Å². The summed E-state index contributed by atoms with van der Waals surface area (Å²) in [6.07, 6.45) is 2.17. The van der Waals surface area contributed by atoms with Crippen LogP contribution in [0.1, 0.15) is 83.3 Å². The minimum absolute atomic E-state index is 0.135. The zero-order valence-electron chi connectivity index (χ0n) is 35.9. The Morgan fingerprint density at radius 1 is 0.381 bits per heavy atom. The normalized spacial score (nSPS) is 16.8. The Kier molecular flexibility index (Phi) is 6.15. The highest BCUT2D eigenvalue weighted by atomic mass is 16.3. The van der Waals surface area contributed by atoms with Gasteiger partial charge in [0.2, 0.25) is 0 Å². The lowest BCUT2D eigenvalue weighted by molar-refractivity contribution is 0.626. The first-order valence-electron chi connectivity index (χ1n) is 22.7. The molecule has 9 aromatic carbocycles. The van der Waals surface area contributed by atoms with Crippen molar-refractivity contribution in [3.8, 4) is 33.4 Å². The molecule has 0 fully saturated rings. The van der Waals surface area contributed by atoms with Crippen molar-refractivity contribution in [3.05, 3.63) is 219 Å². The molecule has 5 aliphatic rings. The zero-order valence-corrected chi connectivity index (χ0v) is 35.9. The second-order valence-corrected chi connectivity index (χ2v) is 19.8. The summed E-state index contributed by atoms with van der Waals surface area (Å²) >= 11 is 0. The molecule has 15 rings (SSSR count). The third kappa shape index (κ3) is 3.87. The summed E-state index contributed by atoms with van der Waals surface area (Å²) in [5, 5.41) is 5.14. The molecule has 0 saturated carbocycles. The maximum Gasteiger partial charge on any atom is 0.159 e. The summed E-state index contributed by atoms with van der Waals surface area (Å²) in [7, 11) is 0. The van der Waals surface area contributed by atoms with Gasteiger partial charge >= 0.3 is 0 Å². The van der Waals surface area contributed by atoms with Gasteiger partial charge in [0.25, 0.3) is 0 Å². The number of anilines is 3. The smallest absolute Gasteiger partial charge is 0.159 e. The van der Waals surface area contributed by atoms with Crippen molar-refractivity contribution >= 4 is 49.8 Å². The van der Waals surface area contributed by atoms with Gasteiger partial charge in [-0.25, -0.2) is 0 Å². The molecule has 4 aliphatic carbocycles. The number of nitrogens with zero attached hydrogens (tertiary/aromatic N) is 1. The fourth-order valence-corrected chi connectivity index (χ4v) is 13.6. The number of aryl methyl sites for hydroxylation is 2. The van der Waals surface area contributed by atoms with E-state index in [1.54, 1.807) is 0 Å². The van der Waals surface area contributed by atoms with Crippen LogP contribution in [0.3, 0.4) is 0 Å². The van der Waals surface area contributed by atoms with E-state index in [0.29, 0.717) is 0 Å². The Bertz CT molecular complexity index is 3710. The largest absolute Gasteiger partial charge is 0.453 e. The molecule has 0 amide bonds. The number of hydrogen-bond acceptors (Lipinski definition) is 2. The van der Waals surface area contributed by atoms with Gasteiger partial charge in [-0.15, -0.1) is 0 Å². The Morgan fingerprint density at radius 3 is 1.71 bits per heavy atom. The molecule has 298 valence electrons. The maximum atomic E-state index is 7.66. The lowest BCUT2D eigenvalue weighted by Crippen LogP contribution is -2.32. The Morgan fingerprint density at radius 2 is 0.968 bits per heavy atom. The zero-order chi connectivity index (χ0) is 41.7. The van der Waals surface area contributed by atoms with Crippen molar-refractivity contribution in [2.24, 2.45) is 0 Å². The number of furan rings is 1. The van der Waals surface area contributed by atoms with E-state index in [9.17, 15) is 0 Å². The number of hydrogen-bond donors (Lipinski definition) is 0. The lowest BCUT2D eigenvalue weighted by Gasteiger charge is -2.42. The molecule has 63 heavy (non-hydrogen) atoms. The summed E-state index contributed by atoms with van der Waals surface area (Å²) in [5.74, 6) is 0.